The number of nitrogens with zero attached hydrogens (tertiary/aromatic N) is 2. The van der Waals surface area contributed by atoms with Gasteiger partial charge in [-0.1, -0.05) is 12.1 Å². The summed E-state index contributed by atoms with van der Waals surface area (Å²) < 4.78 is 37.5. The van der Waals surface area contributed by atoms with Crippen molar-refractivity contribution in [3.05, 3.63) is 70.8 Å². The number of rotatable bonds is 3. The Balaban J connectivity index is 2.16. The highest BCUT2D eigenvalue weighted by Gasteiger charge is 2.30. The second-order valence-electron chi connectivity index (χ2n) is 4.93. The van der Waals surface area contributed by atoms with Crippen LogP contribution in [0.5, 0.6) is 0 Å². The highest BCUT2D eigenvalue weighted by Crippen LogP contribution is 2.29. The van der Waals surface area contributed by atoms with Gasteiger partial charge in [-0.05, 0) is 48.0 Å². The summed E-state index contributed by atoms with van der Waals surface area (Å²) in [6.07, 6.45) is -3.14. The number of nitriles is 2. The third-order valence-corrected chi connectivity index (χ3v) is 3.19. The van der Waals surface area contributed by atoms with Crippen LogP contribution in [0.4, 0.5) is 18.9 Å². The summed E-state index contributed by atoms with van der Waals surface area (Å²) in [5.74, 6) is -0.744. The Bertz CT molecular complexity index is 884. The lowest BCUT2D eigenvalue weighted by molar-refractivity contribution is -0.137. The number of benzene rings is 2. The van der Waals surface area contributed by atoms with Crippen molar-refractivity contribution in [2.75, 3.05) is 5.32 Å². The van der Waals surface area contributed by atoms with Gasteiger partial charge in [0, 0.05) is 5.69 Å². The number of halogens is 3. The number of carbonyl (C=O) groups is 1. The lowest BCUT2D eigenvalue weighted by Crippen LogP contribution is -2.13. The predicted molar refractivity (Wildman–Crippen MR) is 84.8 cm³/mol. The van der Waals surface area contributed by atoms with Crippen LogP contribution in [-0.4, -0.2) is 5.91 Å². The van der Waals surface area contributed by atoms with E-state index in [2.05, 4.69) is 5.32 Å². The van der Waals surface area contributed by atoms with E-state index in [4.69, 9.17) is 10.5 Å². The van der Waals surface area contributed by atoms with Crippen LogP contribution in [0.2, 0.25) is 0 Å². The van der Waals surface area contributed by atoms with Gasteiger partial charge in [-0.15, -0.1) is 0 Å². The molecule has 2 aromatic carbocycles. The average Bonchev–Trinajstić information content (AvgIpc) is 2.59. The Morgan fingerprint density at radius 1 is 1.00 bits per heavy atom. The molecule has 0 bridgehead atoms. The normalized spacial score (nSPS) is 11.3. The molecule has 0 aliphatic carbocycles. The highest BCUT2D eigenvalue weighted by molar-refractivity contribution is 6.09. The average molecular weight is 341 g/mol. The van der Waals surface area contributed by atoms with Gasteiger partial charge in [0.1, 0.15) is 11.6 Å². The van der Waals surface area contributed by atoms with E-state index in [1.54, 1.807) is 18.2 Å². The Morgan fingerprint density at radius 3 is 2.08 bits per heavy atom. The van der Waals surface area contributed by atoms with Crippen LogP contribution in [0.1, 0.15) is 16.7 Å². The van der Waals surface area contributed by atoms with Crippen LogP contribution in [0.15, 0.2) is 54.1 Å². The van der Waals surface area contributed by atoms with Crippen LogP contribution in [0.3, 0.4) is 0 Å². The largest absolute Gasteiger partial charge is 0.416 e. The van der Waals surface area contributed by atoms with Crippen molar-refractivity contribution >= 4 is 17.7 Å². The SMILES string of the molecule is N#C/C(=C\c1ccc(C#N)cc1)C(=O)Nc1ccc(C(F)(F)F)cc1. The molecule has 0 unspecified atom stereocenters. The fourth-order valence-corrected chi connectivity index (χ4v) is 1.91. The van der Waals surface area contributed by atoms with E-state index < -0.39 is 17.6 Å². The van der Waals surface area contributed by atoms with E-state index in [1.807, 2.05) is 6.07 Å². The third-order valence-electron chi connectivity index (χ3n) is 3.19. The van der Waals surface area contributed by atoms with Crippen LogP contribution >= 0.6 is 0 Å². The molecule has 0 saturated carbocycles. The quantitative estimate of drug-likeness (QED) is 0.674. The Labute approximate surface area is 141 Å². The van der Waals surface area contributed by atoms with E-state index in [9.17, 15) is 18.0 Å². The number of anilines is 1. The van der Waals surface area contributed by atoms with Crippen molar-refractivity contribution in [3.63, 3.8) is 0 Å². The lowest BCUT2D eigenvalue weighted by Gasteiger charge is -2.08. The van der Waals surface area contributed by atoms with Crippen LogP contribution < -0.4 is 5.32 Å². The van der Waals surface area contributed by atoms with Crippen LogP contribution in [-0.2, 0) is 11.0 Å². The number of hydrogen-bond donors (Lipinski definition) is 1. The fraction of sp³-hybridized carbons (Fsp3) is 0.0556. The molecule has 1 amide bonds. The zero-order chi connectivity index (χ0) is 18.4. The number of amides is 1. The molecule has 0 fully saturated rings. The molecule has 0 saturated heterocycles. The summed E-state index contributed by atoms with van der Waals surface area (Å²) in [6.45, 7) is 0. The van der Waals surface area contributed by atoms with Crippen molar-refractivity contribution < 1.29 is 18.0 Å². The maximum absolute atomic E-state index is 12.5. The molecule has 0 aromatic heterocycles. The van der Waals surface area contributed by atoms with Crippen molar-refractivity contribution in [2.24, 2.45) is 0 Å². The van der Waals surface area contributed by atoms with Gasteiger partial charge in [0.15, 0.2) is 0 Å². The number of alkyl halides is 3. The molecule has 4 nitrogen and oxygen atoms in total. The zero-order valence-corrected chi connectivity index (χ0v) is 12.6. The molecule has 7 heteroatoms. The minimum atomic E-state index is -4.46. The van der Waals surface area contributed by atoms with Gasteiger partial charge in [0.2, 0.25) is 0 Å². The Kier molecular flexibility index (Phi) is 5.21. The third kappa shape index (κ3) is 4.69. The molecular weight excluding hydrogens is 331 g/mol. The monoisotopic (exact) mass is 341 g/mol. The van der Waals surface area contributed by atoms with Crippen LogP contribution in [0.25, 0.3) is 6.08 Å². The van der Waals surface area contributed by atoms with Crippen molar-refractivity contribution in [3.8, 4) is 12.1 Å². The lowest BCUT2D eigenvalue weighted by atomic mass is 10.1. The summed E-state index contributed by atoms with van der Waals surface area (Å²) in [5, 5.41) is 20.2. The summed E-state index contributed by atoms with van der Waals surface area (Å²) >= 11 is 0. The van der Waals surface area contributed by atoms with Gasteiger partial charge in [-0.25, -0.2) is 0 Å². The van der Waals surface area contributed by atoms with Crippen molar-refractivity contribution in [1.29, 1.82) is 10.5 Å². The first-order valence-corrected chi connectivity index (χ1v) is 6.94. The Hall–Kier alpha value is -3.58. The fourth-order valence-electron chi connectivity index (χ4n) is 1.91. The molecule has 0 atom stereocenters. The van der Waals surface area contributed by atoms with Gasteiger partial charge in [-0.2, -0.15) is 23.7 Å². The maximum Gasteiger partial charge on any atom is 0.416 e. The molecule has 0 radical (unpaired) electrons. The van der Waals surface area contributed by atoms with E-state index in [-0.39, 0.29) is 11.3 Å². The first kappa shape index (κ1) is 17.8. The molecule has 25 heavy (non-hydrogen) atoms. The molecule has 0 aliphatic rings. The summed E-state index contributed by atoms with van der Waals surface area (Å²) in [6, 6.07) is 13.8. The number of hydrogen-bond acceptors (Lipinski definition) is 3. The second kappa shape index (κ2) is 7.33. The highest BCUT2D eigenvalue weighted by atomic mass is 19.4. The molecule has 0 heterocycles. The van der Waals surface area contributed by atoms with E-state index in [1.165, 1.54) is 18.2 Å². The summed E-state index contributed by atoms with van der Waals surface area (Å²) in [7, 11) is 0. The Morgan fingerprint density at radius 2 is 1.60 bits per heavy atom. The first-order chi connectivity index (χ1) is 11.8. The van der Waals surface area contributed by atoms with Gasteiger partial charge < -0.3 is 5.32 Å². The minimum absolute atomic E-state index is 0.138. The van der Waals surface area contributed by atoms with Gasteiger partial charge in [-0.3, -0.25) is 4.79 Å². The number of nitrogens with one attached hydrogen (secondary N) is 1. The van der Waals surface area contributed by atoms with Crippen molar-refractivity contribution in [1.82, 2.24) is 0 Å². The zero-order valence-electron chi connectivity index (χ0n) is 12.6. The molecular formula is C18H10F3N3O. The predicted octanol–water partition coefficient (Wildman–Crippen LogP) is 4.12. The molecule has 0 spiro atoms. The standard InChI is InChI=1S/C18H10F3N3O/c19-18(20,21)15-5-7-16(8-6-15)24-17(25)14(11-23)9-12-1-3-13(10-22)4-2-12/h1-9H,(H,24,25)/b14-9+. The van der Waals surface area contributed by atoms with E-state index >= 15 is 0 Å². The van der Waals surface area contributed by atoms with Crippen molar-refractivity contribution in [2.45, 2.75) is 6.18 Å². The van der Waals surface area contributed by atoms with Crippen LogP contribution in [0, 0.1) is 22.7 Å². The number of carbonyl (C=O) groups excluding carboxylic acids is 1. The smallest absolute Gasteiger partial charge is 0.321 e. The van der Waals surface area contributed by atoms with Gasteiger partial charge >= 0.3 is 6.18 Å². The van der Waals surface area contributed by atoms with E-state index in [0.29, 0.717) is 11.1 Å². The first-order valence-electron chi connectivity index (χ1n) is 6.94. The molecule has 0 aliphatic heterocycles. The van der Waals surface area contributed by atoms with Gasteiger partial charge in [0.25, 0.3) is 5.91 Å². The molecule has 1 N–H and O–H groups in total. The topological polar surface area (TPSA) is 76.7 Å². The molecule has 124 valence electrons. The van der Waals surface area contributed by atoms with E-state index in [0.717, 1.165) is 24.3 Å². The minimum Gasteiger partial charge on any atom is -0.321 e. The summed E-state index contributed by atoms with van der Waals surface area (Å²) in [5.41, 5.74) is 0.0608. The maximum atomic E-state index is 12.5. The molecule has 2 rings (SSSR count). The van der Waals surface area contributed by atoms with Gasteiger partial charge in [0.05, 0.1) is 17.2 Å². The summed E-state index contributed by atoms with van der Waals surface area (Å²) in [4.78, 5) is 12.1. The molecule has 2 aromatic rings. The second-order valence-corrected chi connectivity index (χ2v) is 4.93.